The lowest BCUT2D eigenvalue weighted by molar-refractivity contribution is 0.0564. The van der Waals surface area contributed by atoms with Gasteiger partial charge in [0.25, 0.3) is 0 Å². The lowest BCUT2D eigenvalue weighted by Gasteiger charge is -2.28. The Bertz CT molecular complexity index is 401. The molecule has 108 valence electrons. The van der Waals surface area contributed by atoms with Crippen LogP contribution in [0.5, 0.6) is 0 Å². The number of nitrogens with two attached hydrogens (primary N) is 1. The second-order valence-corrected chi connectivity index (χ2v) is 6.11. The van der Waals surface area contributed by atoms with Gasteiger partial charge in [-0.15, -0.1) is 0 Å². The molecule has 1 rings (SSSR count). The first kappa shape index (κ1) is 16.9. The van der Waals surface area contributed by atoms with E-state index in [1.807, 2.05) is 32.0 Å². The Hall–Kier alpha value is -0.130. The molecule has 1 atom stereocenters. The summed E-state index contributed by atoms with van der Waals surface area (Å²) < 4.78 is 6.57. The third-order valence-corrected chi connectivity index (χ3v) is 3.89. The summed E-state index contributed by atoms with van der Waals surface area (Å²) in [4.78, 5) is 2.20. The molecule has 5 heteroatoms. The minimum atomic E-state index is 0.155. The number of ether oxygens (including phenoxy) is 1. The molecule has 0 saturated heterocycles. The third kappa shape index (κ3) is 5.40. The predicted octanol–water partition coefficient (Wildman–Crippen LogP) is 3.46. The summed E-state index contributed by atoms with van der Waals surface area (Å²) in [5.74, 6) is 0. The Morgan fingerprint density at radius 1 is 1.42 bits per heavy atom. The normalized spacial score (nSPS) is 13.3. The van der Waals surface area contributed by atoms with E-state index in [4.69, 9.17) is 22.1 Å². The molecular formula is C14H22BrClN2O. The molecule has 0 aromatic heterocycles. The van der Waals surface area contributed by atoms with Crippen molar-refractivity contribution in [3.8, 4) is 0 Å². The monoisotopic (exact) mass is 348 g/mol. The number of nitrogens with zero attached hydrogens (tertiary/aromatic N) is 1. The van der Waals surface area contributed by atoms with Crippen LogP contribution in [0.4, 0.5) is 0 Å². The molecule has 0 aliphatic carbocycles. The van der Waals surface area contributed by atoms with Crippen molar-refractivity contribution in [2.75, 3.05) is 26.7 Å². The van der Waals surface area contributed by atoms with Crippen molar-refractivity contribution < 1.29 is 4.74 Å². The van der Waals surface area contributed by atoms with E-state index in [2.05, 4.69) is 27.9 Å². The molecule has 0 spiro atoms. The third-order valence-electron chi connectivity index (χ3n) is 2.97. The molecule has 0 saturated carbocycles. The van der Waals surface area contributed by atoms with Crippen LogP contribution >= 0.6 is 27.5 Å². The summed E-state index contributed by atoms with van der Waals surface area (Å²) in [6, 6.07) is 5.97. The highest BCUT2D eigenvalue weighted by Gasteiger charge is 2.18. The summed E-state index contributed by atoms with van der Waals surface area (Å²) in [5, 5.41) is 0.720. The van der Waals surface area contributed by atoms with Crippen molar-refractivity contribution in [1.29, 1.82) is 0 Å². The summed E-state index contributed by atoms with van der Waals surface area (Å²) in [6.07, 6.45) is 0.256. The molecule has 3 nitrogen and oxygen atoms in total. The Morgan fingerprint density at radius 3 is 2.63 bits per heavy atom. The molecule has 0 radical (unpaired) electrons. The molecule has 0 bridgehead atoms. The van der Waals surface area contributed by atoms with Crippen molar-refractivity contribution in [1.82, 2.24) is 4.90 Å². The number of benzene rings is 1. The van der Waals surface area contributed by atoms with Gasteiger partial charge in [-0.3, -0.25) is 4.90 Å². The van der Waals surface area contributed by atoms with E-state index in [0.717, 1.165) is 21.6 Å². The minimum Gasteiger partial charge on any atom is -0.377 e. The van der Waals surface area contributed by atoms with Gasteiger partial charge in [-0.1, -0.05) is 33.6 Å². The first-order chi connectivity index (χ1) is 8.95. The molecule has 1 aromatic rings. The van der Waals surface area contributed by atoms with E-state index in [-0.39, 0.29) is 12.1 Å². The van der Waals surface area contributed by atoms with E-state index in [9.17, 15) is 0 Å². The van der Waals surface area contributed by atoms with Crippen LogP contribution in [-0.4, -0.2) is 37.7 Å². The van der Waals surface area contributed by atoms with Gasteiger partial charge in [-0.05, 0) is 38.6 Å². The highest BCUT2D eigenvalue weighted by Crippen LogP contribution is 2.29. The SMILES string of the molecule is CC(C)OCCN(C)C(CN)c1ccc(Cl)cc1Br. The Labute approximate surface area is 129 Å². The summed E-state index contributed by atoms with van der Waals surface area (Å²) in [6.45, 7) is 6.18. The van der Waals surface area contributed by atoms with Crippen molar-refractivity contribution in [2.24, 2.45) is 5.73 Å². The van der Waals surface area contributed by atoms with E-state index in [1.54, 1.807) is 0 Å². The second-order valence-electron chi connectivity index (χ2n) is 4.82. The maximum absolute atomic E-state index is 5.97. The highest BCUT2D eigenvalue weighted by atomic mass is 79.9. The zero-order valence-electron chi connectivity index (χ0n) is 11.7. The van der Waals surface area contributed by atoms with Gasteiger partial charge in [0.1, 0.15) is 0 Å². The smallest absolute Gasteiger partial charge is 0.0597 e. The number of rotatable bonds is 7. The topological polar surface area (TPSA) is 38.5 Å². The van der Waals surface area contributed by atoms with E-state index >= 15 is 0 Å². The van der Waals surface area contributed by atoms with Crippen LogP contribution in [0, 0.1) is 0 Å². The first-order valence-corrected chi connectivity index (χ1v) is 7.59. The maximum atomic E-state index is 5.97. The molecule has 1 aromatic carbocycles. The zero-order chi connectivity index (χ0) is 14.4. The first-order valence-electron chi connectivity index (χ1n) is 6.42. The van der Waals surface area contributed by atoms with Gasteiger partial charge in [0, 0.05) is 28.6 Å². The molecule has 0 amide bonds. The molecule has 0 fully saturated rings. The van der Waals surface area contributed by atoms with Crippen molar-refractivity contribution >= 4 is 27.5 Å². The molecule has 0 aliphatic heterocycles. The van der Waals surface area contributed by atoms with Crippen LogP contribution in [0.25, 0.3) is 0 Å². The van der Waals surface area contributed by atoms with E-state index in [0.29, 0.717) is 13.2 Å². The second kappa shape index (κ2) is 8.22. The molecule has 1 unspecified atom stereocenters. The summed E-state index contributed by atoms with van der Waals surface area (Å²) in [5.41, 5.74) is 7.06. The quantitative estimate of drug-likeness (QED) is 0.819. The minimum absolute atomic E-state index is 0.155. The van der Waals surface area contributed by atoms with Crippen molar-refractivity contribution in [3.63, 3.8) is 0 Å². The van der Waals surface area contributed by atoms with Crippen molar-refractivity contribution in [3.05, 3.63) is 33.3 Å². The maximum Gasteiger partial charge on any atom is 0.0597 e. The molecule has 19 heavy (non-hydrogen) atoms. The van der Waals surface area contributed by atoms with Gasteiger partial charge in [0.05, 0.1) is 12.7 Å². The largest absolute Gasteiger partial charge is 0.377 e. The highest BCUT2D eigenvalue weighted by molar-refractivity contribution is 9.10. The Morgan fingerprint density at radius 2 is 2.11 bits per heavy atom. The van der Waals surface area contributed by atoms with E-state index < -0.39 is 0 Å². The fourth-order valence-corrected chi connectivity index (χ4v) is 2.85. The Balaban J connectivity index is 2.70. The van der Waals surface area contributed by atoms with Gasteiger partial charge in [0.15, 0.2) is 0 Å². The average molecular weight is 350 g/mol. The number of hydrogen-bond acceptors (Lipinski definition) is 3. The van der Waals surface area contributed by atoms with Crippen LogP contribution in [0.3, 0.4) is 0 Å². The molecule has 2 N–H and O–H groups in total. The Kier molecular flexibility index (Phi) is 7.32. The lowest BCUT2D eigenvalue weighted by atomic mass is 10.1. The zero-order valence-corrected chi connectivity index (χ0v) is 14.0. The fourth-order valence-electron chi connectivity index (χ4n) is 1.90. The number of halogens is 2. The van der Waals surface area contributed by atoms with Gasteiger partial charge >= 0.3 is 0 Å². The van der Waals surface area contributed by atoms with Crippen molar-refractivity contribution in [2.45, 2.75) is 26.0 Å². The molecule has 0 heterocycles. The van der Waals surface area contributed by atoms with Crippen LogP contribution in [-0.2, 0) is 4.74 Å². The van der Waals surface area contributed by atoms with Gasteiger partial charge in [-0.2, -0.15) is 0 Å². The van der Waals surface area contributed by atoms with E-state index in [1.165, 1.54) is 0 Å². The van der Waals surface area contributed by atoms with Crippen LogP contribution < -0.4 is 5.73 Å². The lowest BCUT2D eigenvalue weighted by Crippen LogP contribution is -2.33. The van der Waals surface area contributed by atoms with Gasteiger partial charge in [-0.25, -0.2) is 0 Å². The standard InChI is InChI=1S/C14H22BrClN2O/c1-10(2)19-7-6-18(3)14(9-17)12-5-4-11(16)8-13(12)15/h4-5,8,10,14H,6-7,9,17H2,1-3H3. The number of hydrogen-bond donors (Lipinski definition) is 1. The summed E-state index contributed by atoms with van der Waals surface area (Å²) in [7, 11) is 2.06. The average Bonchev–Trinajstić information content (AvgIpc) is 2.32. The van der Waals surface area contributed by atoms with Crippen LogP contribution in [0.2, 0.25) is 5.02 Å². The van der Waals surface area contributed by atoms with Crippen LogP contribution in [0.1, 0.15) is 25.5 Å². The van der Waals surface area contributed by atoms with Gasteiger partial charge < -0.3 is 10.5 Å². The molecule has 0 aliphatic rings. The fraction of sp³-hybridized carbons (Fsp3) is 0.571. The summed E-state index contributed by atoms with van der Waals surface area (Å²) >= 11 is 9.52. The molecular weight excluding hydrogens is 328 g/mol. The number of likely N-dealkylation sites (N-methyl/N-ethyl adjacent to an activating group) is 1. The predicted molar refractivity (Wildman–Crippen MR) is 84.7 cm³/mol. The van der Waals surface area contributed by atoms with Crippen LogP contribution in [0.15, 0.2) is 22.7 Å². The van der Waals surface area contributed by atoms with Gasteiger partial charge in [0.2, 0.25) is 0 Å².